The lowest BCUT2D eigenvalue weighted by atomic mass is 10.1. The summed E-state index contributed by atoms with van der Waals surface area (Å²) in [5.41, 5.74) is -0.600. The largest absolute Gasteiger partial charge is 0.505 e. The minimum absolute atomic E-state index is 0.00263. The van der Waals surface area contributed by atoms with E-state index in [9.17, 15) is 22.9 Å². The number of rotatable bonds is 7. The highest BCUT2D eigenvalue weighted by Gasteiger charge is 2.22. The predicted octanol–water partition coefficient (Wildman–Crippen LogP) is 2.18. The third kappa shape index (κ3) is 5.48. The molecule has 1 heterocycles. The summed E-state index contributed by atoms with van der Waals surface area (Å²) in [4.78, 5) is 32.5. The summed E-state index contributed by atoms with van der Waals surface area (Å²) in [5.74, 6) is -0.810. The number of aromatic nitrogens is 1. The van der Waals surface area contributed by atoms with Crippen LogP contribution in [-0.2, 0) is 25.8 Å². The van der Waals surface area contributed by atoms with Gasteiger partial charge in [-0.3, -0.25) is 13.9 Å². The predicted molar refractivity (Wildman–Crippen MR) is 93.3 cm³/mol. The Kier molecular flexibility index (Phi) is 6.39. The molecule has 28 heavy (non-hydrogen) atoms. The molecule has 2 aromatic rings. The van der Waals surface area contributed by atoms with Gasteiger partial charge in [0.25, 0.3) is 10.1 Å². The van der Waals surface area contributed by atoms with Crippen molar-refractivity contribution < 1.29 is 41.7 Å². The molecule has 14 heteroatoms. The summed E-state index contributed by atoms with van der Waals surface area (Å²) >= 11 is 0. The zero-order valence-electron chi connectivity index (χ0n) is 14.1. The molecule has 4 N–H and O–H groups in total. The highest BCUT2D eigenvalue weighted by molar-refractivity contribution is 7.85. The maximum absolute atomic E-state index is 11.3. The molecule has 0 saturated carbocycles. The van der Waals surface area contributed by atoms with Gasteiger partial charge in [-0.1, -0.05) is 6.07 Å². The van der Waals surface area contributed by atoms with E-state index in [0.717, 1.165) is 12.1 Å². The van der Waals surface area contributed by atoms with Crippen LogP contribution in [0.15, 0.2) is 39.4 Å². The quantitative estimate of drug-likeness (QED) is 0.218. The van der Waals surface area contributed by atoms with Gasteiger partial charge in [0, 0.05) is 5.56 Å². The van der Waals surface area contributed by atoms with Crippen molar-refractivity contribution in [2.24, 2.45) is 10.2 Å². The van der Waals surface area contributed by atoms with Gasteiger partial charge >= 0.3 is 7.82 Å². The number of aldehydes is 1. The molecule has 0 aliphatic heterocycles. The van der Waals surface area contributed by atoms with Crippen LogP contribution in [0.2, 0.25) is 0 Å². The van der Waals surface area contributed by atoms with Crippen molar-refractivity contribution in [1.29, 1.82) is 0 Å². The minimum atomic E-state index is -4.90. The molecule has 0 spiro atoms. The van der Waals surface area contributed by atoms with Crippen LogP contribution in [0.3, 0.4) is 0 Å². The van der Waals surface area contributed by atoms with E-state index in [-0.39, 0.29) is 34.6 Å². The fourth-order valence-electron chi connectivity index (χ4n) is 2.05. The minimum Gasteiger partial charge on any atom is -0.505 e. The standard InChI is InChI=1S/C14H14N3O9PS/c1-8-13(19)11(6-18)12(7-26-27(20,21)22)14(15-8)17-16-9-3-2-4-10(5-9)28(23,24)25/h2-6,19H,7H2,1H3,(H2,20,21,22)(H,23,24,25). The van der Waals surface area contributed by atoms with Crippen LogP contribution in [-0.4, -0.2) is 39.1 Å². The van der Waals surface area contributed by atoms with E-state index in [1.54, 1.807) is 0 Å². The lowest BCUT2D eigenvalue weighted by molar-refractivity contribution is 0.111. The normalized spacial score (nSPS) is 12.4. The van der Waals surface area contributed by atoms with Crippen LogP contribution in [0.1, 0.15) is 21.6 Å². The molecule has 0 radical (unpaired) electrons. The topological polar surface area (TPSA) is 196 Å². The molecule has 12 nitrogen and oxygen atoms in total. The van der Waals surface area contributed by atoms with Gasteiger partial charge < -0.3 is 14.9 Å². The van der Waals surface area contributed by atoms with Gasteiger partial charge in [-0.2, -0.15) is 8.42 Å². The first kappa shape index (κ1) is 21.8. The van der Waals surface area contributed by atoms with Crippen molar-refractivity contribution in [3.05, 3.63) is 41.1 Å². The molecule has 2 rings (SSSR count). The smallest absolute Gasteiger partial charge is 0.469 e. The number of carbonyl (C=O) groups excluding carboxylic acids is 1. The van der Waals surface area contributed by atoms with Gasteiger partial charge in [0.05, 0.1) is 28.4 Å². The first-order valence-electron chi connectivity index (χ1n) is 7.29. The summed E-state index contributed by atoms with van der Waals surface area (Å²) in [6, 6.07) is 4.79. The Morgan fingerprint density at radius 2 is 1.96 bits per heavy atom. The molecule has 0 aliphatic rings. The second-order valence-electron chi connectivity index (χ2n) is 5.32. The third-order valence-corrected chi connectivity index (χ3v) is 4.65. The van der Waals surface area contributed by atoms with Crippen LogP contribution < -0.4 is 0 Å². The average molecular weight is 431 g/mol. The number of hydrogen-bond acceptors (Lipinski definition) is 9. The Hall–Kier alpha value is -2.54. The summed E-state index contributed by atoms with van der Waals surface area (Å²) in [6.45, 7) is 0.548. The van der Waals surface area contributed by atoms with Crippen molar-refractivity contribution in [2.75, 3.05) is 0 Å². The van der Waals surface area contributed by atoms with Crippen LogP contribution >= 0.6 is 7.82 Å². The SMILES string of the molecule is Cc1nc(N=Nc2cccc(S(=O)(=O)O)c2)c(COP(=O)(O)O)c(C=O)c1O. The summed E-state index contributed by atoms with van der Waals surface area (Å²) in [7, 11) is -9.37. The van der Waals surface area contributed by atoms with Gasteiger partial charge in [-0.15, -0.1) is 10.2 Å². The Labute approximate surface area is 158 Å². The first-order valence-corrected chi connectivity index (χ1v) is 10.3. The molecule has 0 bridgehead atoms. The molecule has 1 aromatic heterocycles. The summed E-state index contributed by atoms with van der Waals surface area (Å²) in [6.07, 6.45) is 0.236. The first-order chi connectivity index (χ1) is 12.9. The zero-order valence-corrected chi connectivity index (χ0v) is 15.8. The highest BCUT2D eigenvalue weighted by atomic mass is 32.2. The van der Waals surface area contributed by atoms with Gasteiger partial charge in [0.2, 0.25) is 0 Å². The highest BCUT2D eigenvalue weighted by Crippen LogP contribution is 2.40. The number of carbonyl (C=O) groups is 1. The number of aryl methyl sites for hydroxylation is 1. The molecule has 0 amide bonds. The van der Waals surface area contributed by atoms with Crippen molar-refractivity contribution >= 4 is 35.7 Å². The van der Waals surface area contributed by atoms with Gasteiger partial charge in [-0.25, -0.2) is 9.55 Å². The van der Waals surface area contributed by atoms with Crippen molar-refractivity contribution in [2.45, 2.75) is 18.4 Å². The third-order valence-electron chi connectivity index (χ3n) is 3.34. The van der Waals surface area contributed by atoms with E-state index in [0.29, 0.717) is 0 Å². The second kappa shape index (κ2) is 8.22. The molecular formula is C14H14N3O9PS. The lowest BCUT2D eigenvalue weighted by Gasteiger charge is -2.12. The van der Waals surface area contributed by atoms with Gasteiger partial charge in [-0.05, 0) is 25.1 Å². The second-order valence-corrected chi connectivity index (χ2v) is 7.98. The van der Waals surface area contributed by atoms with Crippen LogP contribution in [0, 0.1) is 6.92 Å². The zero-order chi connectivity index (χ0) is 21.1. The van der Waals surface area contributed by atoms with E-state index in [2.05, 4.69) is 19.7 Å². The fourth-order valence-corrected chi connectivity index (χ4v) is 2.87. The number of benzene rings is 1. The van der Waals surface area contributed by atoms with Crippen LogP contribution in [0.5, 0.6) is 5.75 Å². The molecule has 150 valence electrons. The fraction of sp³-hybridized carbons (Fsp3) is 0.143. The van der Waals surface area contributed by atoms with Crippen molar-refractivity contribution in [3.8, 4) is 5.75 Å². The number of azo groups is 1. The van der Waals surface area contributed by atoms with Gasteiger partial charge in [0.1, 0.15) is 5.75 Å². The molecule has 0 fully saturated rings. The number of aromatic hydroxyl groups is 1. The Morgan fingerprint density at radius 1 is 1.29 bits per heavy atom. The molecule has 0 aliphatic carbocycles. The van der Waals surface area contributed by atoms with Crippen LogP contribution in [0.25, 0.3) is 0 Å². The maximum atomic E-state index is 11.3. The molecule has 0 unspecified atom stereocenters. The van der Waals surface area contributed by atoms with E-state index in [1.165, 1.54) is 19.1 Å². The lowest BCUT2D eigenvalue weighted by Crippen LogP contribution is -2.01. The maximum Gasteiger partial charge on any atom is 0.469 e. The van der Waals surface area contributed by atoms with Crippen molar-refractivity contribution in [1.82, 2.24) is 4.98 Å². The number of hydrogen-bond donors (Lipinski definition) is 4. The average Bonchev–Trinajstić information content (AvgIpc) is 2.59. The van der Waals surface area contributed by atoms with Crippen molar-refractivity contribution in [3.63, 3.8) is 0 Å². The van der Waals surface area contributed by atoms with E-state index in [1.807, 2.05) is 0 Å². The van der Waals surface area contributed by atoms with E-state index in [4.69, 9.17) is 14.3 Å². The number of pyridine rings is 1. The Balaban J connectivity index is 2.52. The number of nitrogens with zero attached hydrogens (tertiary/aromatic N) is 3. The molecule has 0 saturated heterocycles. The monoisotopic (exact) mass is 431 g/mol. The molecule has 0 atom stereocenters. The summed E-state index contributed by atoms with van der Waals surface area (Å²) in [5, 5.41) is 17.4. The summed E-state index contributed by atoms with van der Waals surface area (Å²) < 4.78 is 46.7. The molecule has 1 aromatic carbocycles. The van der Waals surface area contributed by atoms with E-state index >= 15 is 0 Å². The van der Waals surface area contributed by atoms with Crippen LogP contribution in [0.4, 0.5) is 11.5 Å². The Bertz CT molecular complexity index is 1100. The Morgan fingerprint density at radius 3 is 2.54 bits per heavy atom. The van der Waals surface area contributed by atoms with Gasteiger partial charge in [0.15, 0.2) is 12.1 Å². The molecular weight excluding hydrogens is 417 g/mol. The number of phosphoric ester groups is 1. The van der Waals surface area contributed by atoms with E-state index < -0.39 is 35.2 Å². The number of phosphoric acid groups is 1.